The number of rotatable bonds is 2. The summed E-state index contributed by atoms with van der Waals surface area (Å²) in [6, 6.07) is 4.76. The lowest BCUT2D eigenvalue weighted by atomic mass is 9.58. The van der Waals surface area contributed by atoms with Crippen molar-refractivity contribution in [3.63, 3.8) is 0 Å². The highest BCUT2D eigenvalue weighted by Gasteiger charge is 2.48. The van der Waals surface area contributed by atoms with Crippen molar-refractivity contribution in [1.29, 1.82) is 10.5 Å². The molecule has 2 heteroatoms. The first-order valence-corrected chi connectivity index (χ1v) is 6.71. The lowest BCUT2D eigenvalue weighted by Gasteiger charge is -2.42. The molecule has 1 atom stereocenters. The number of hydrogen-bond donors (Lipinski definition) is 0. The van der Waals surface area contributed by atoms with Crippen LogP contribution in [-0.2, 0) is 0 Å². The summed E-state index contributed by atoms with van der Waals surface area (Å²) in [6.07, 6.45) is 5.69. The second kappa shape index (κ2) is 5.09. The molecule has 0 aromatic heterocycles. The van der Waals surface area contributed by atoms with Gasteiger partial charge in [-0.3, -0.25) is 0 Å². The highest BCUT2D eigenvalue weighted by atomic mass is 14.5. The van der Waals surface area contributed by atoms with Crippen molar-refractivity contribution in [2.75, 3.05) is 0 Å². The van der Waals surface area contributed by atoms with Gasteiger partial charge in [-0.05, 0) is 30.1 Å². The fourth-order valence-electron chi connectivity index (χ4n) is 3.00. The Bertz CT molecular complexity index is 317. The van der Waals surface area contributed by atoms with Crippen LogP contribution in [0.2, 0.25) is 0 Å². The standard InChI is InChI=1S/C15H24N2/c1-12(14(2,3)4)15(10-16,11-17)13-8-6-5-7-9-13/h12-13H,5-9H2,1-4H3. The van der Waals surface area contributed by atoms with Crippen molar-refractivity contribution in [3.05, 3.63) is 0 Å². The van der Waals surface area contributed by atoms with Crippen LogP contribution in [0.25, 0.3) is 0 Å². The van der Waals surface area contributed by atoms with E-state index in [0.717, 1.165) is 12.8 Å². The van der Waals surface area contributed by atoms with Crippen LogP contribution in [0.5, 0.6) is 0 Å². The number of nitrogens with zero attached hydrogens (tertiary/aromatic N) is 2. The minimum absolute atomic E-state index is 0.00288. The van der Waals surface area contributed by atoms with Crippen LogP contribution in [0.3, 0.4) is 0 Å². The van der Waals surface area contributed by atoms with Gasteiger partial charge in [0, 0.05) is 0 Å². The Labute approximate surface area is 106 Å². The van der Waals surface area contributed by atoms with Crippen molar-refractivity contribution >= 4 is 0 Å². The zero-order valence-electron chi connectivity index (χ0n) is 11.6. The minimum atomic E-state index is -0.793. The Balaban J connectivity index is 3.05. The molecular formula is C15H24N2. The summed E-state index contributed by atoms with van der Waals surface area (Å²) in [4.78, 5) is 0. The van der Waals surface area contributed by atoms with Gasteiger partial charge >= 0.3 is 0 Å². The largest absolute Gasteiger partial charge is 0.197 e. The molecule has 1 rings (SSSR count). The molecule has 0 spiro atoms. The average Bonchev–Trinajstić information content (AvgIpc) is 2.31. The molecule has 0 saturated heterocycles. The SMILES string of the molecule is CC(C(C)(C)C)C(C#N)(C#N)C1CCCCC1. The van der Waals surface area contributed by atoms with Gasteiger partial charge in [-0.25, -0.2) is 0 Å². The number of hydrogen-bond acceptors (Lipinski definition) is 2. The van der Waals surface area contributed by atoms with Crippen LogP contribution in [0.4, 0.5) is 0 Å². The summed E-state index contributed by atoms with van der Waals surface area (Å²) in [6.45, 7) is 8.46. The molecule has 0 aliphatic heterocycles. The van der Waals surface area contributed by atoms with E-state index in [2.05, 4.69) is 39.8 Å². The molecule has 94 valence electrons. The van der Waals surface area contributed by atoms with E-state index < -0.39 is 5.41 Å². The highest BCUT2D eigenvalue weighted by Crippen LogP contribution is 2.49. The summed E-state index contributed by atoms with van der Waals surface area (Å²) < 4.78 is 0. The predicted octanol–water partition coefficient (Wildman–Crippen LogP) is 4.28. The second-order valence-corrected chi connectivity index (χ2v) is 6.52. The predicted molar refractivity (Wildman–Crippen MR) is 68.9 cm³/mol. The molecule has 0 bridgehead atoms. The molecule has 0 radical (unpaired) electrons. The molecule has 0 amide bonds. The molecular weight excluding hydrogens is 208 g/mol. The Hall–Kier alpha value is -1.02. The lowest BCUT2D eigenvalue weighted by molar-refractivity contribution is 0.0886. The summed E-state index contributed by atoms with van der Waals surface area (Å²) in [5.41, 5.74) is -0.790. The second-order valence-electron chi connectivity index (χ2n) is 6.52. The summed E-state index contributed by atoms with van der Waals surface area (Å²) in [5.74, 6) is 0.369. The molecule has 1 saturated carbocycles. The van der Waals surface area contributed by atoms with Gasteiger partial charge in [0.25, 0.3) is 0 Å². The molecule has 0 N–H and O–H groups in total. The van der Waals surface area contributed by atoms with Crippen LogP contribution in [0, 0.1) is 45.3 Å². The van der Waals surface area contributed by atoms with Gasteiger partial charge < -0.3 is 0 Å². The van der Waals surface area contributed by atoms with Crippen LogP contribution >= 0.6 is 0 Å². The van der Waals surface area contributed by atoms with Crippen molar-refractivity contribution in [3.8, 4) is 12.1 Å². The van der Waals surface area contributed by atoms with Crippen molar-refractivity contribution in [1.82, 2.24) is 0 Å². The topological polar surface area (TPSA) is 47.6 Å². The molecule has 1 aliphatic rings. The smallest absolute Gasteiger partial charge is 0.149 e. The molecule has 1 aliphatic carbocycles. The minimum Gasteiger partial charge on any atom is -0.197 e. The van der Waals surface area contributed by atoms with Crippen LogP contribution in [-0.4, -0.2) is 0 Å². The van der Waals surface area contributed by atoms with E-state index >= 15 is 0 Å². The lowest BCUT2D eigenvalue weighted by Crippen LogP contribution is -2.41. The Morgan fingerprint density at radius 2 is 1.47 bits per heavy atom. The summed E-state index contributed by atoms with van der Waals surface area (Å²) >= 11 is 0. The zero-order valence-corrected chi connectivity index (χ0v) is 11.6. The van der Waals surface area contributed by atoms with E-state index in [9.17, 15) is 10.5 Å². The Morgan fingerprint density at radius 1 is 1.00 bits per heavy atom. The van der Waals surface area contributed by atoms with Crippen LogP contribution in [0.15, 0.2) is 0 Å². The normalized spacial score (nSPS) is 20.4. The summed E-state index contributed by atoms with van der Waals surface area (Å²) in [5, 5.41) is 19.2. The maximum absolute atomic E-state index is 9.59. The third-order valence-corrected chi connectivity index (χ3v) is 4.60. The fraction of sp³-hybridized carbons (Fsp3) is 0.867. The quantitative estimate of drug-likeness (QED) is 0.713. The molecule has 2 nitrogen and oxygen atoms in total. The maximum atomic E-state index is 9.59. The first kappa shape index (κ1) is 14.0. The van der Waals surface area contributed by atoms with E-state index in [-0.39, 0.29) is 17.3 Å². The van der Waals surface area contributed by atoms with Gasteiger partial charge in [0.15, 0.2) is 0 Å². The highest BCUT2D eigenvalue weighted by molar-refractivity contribution is 5.20. The third kappa shape index (κ3) is 2.63. The Kier molecular flexibility index (Phi) is 4.21. The monoisotopic (exact) mass is 232 g/mol. The van der Waals surface area contributed by atoms with Gasteiger partial charge in [-0.1, -0.05) is 47.0 Å². The maximum Gasteiger partial charge on any atom is 0.149 e. The van der Waals surface area contributed by atoms with E-state index in [4.69, 9.17) is 0 Å². The van der Waals surface area contributed by atoms with Gasteiger partial charge in [-0.2, -0.15) is 10.5 Å². The van der Waals surface area contributed by atoms with E-state index in [1.807, 2.05) is 0 Å². The van der Waals surface area contributed by atoms with Gasteiger partial charge in [-0.15, -0.1) is 0 Å². The van der Waals surface area contributed by atoms with Crippen molar-refractivity contribution in [2.24, 2.45) is 22.7 Å². The van der Waals surface area contributed by atoms with Crippen molar-refractivity contribution < 1.29 is 0 Å². The van der Waals surface area contributed by atoms with E-state index in [1.54, 1.807) is 0 Å². The zero-order chi connectivity index (χ0) is 13.1. The van der Waals surface area contributed by atoms with Crippen LogP contribution < -0.4 is 0 Å². The van der Waals surface area contributed by atoms with Gasteiger partial charge in [0.05, 0.1) is 12.1 Å². The molecule has 1 unspecified atom stereocenters. The Morgan fingerprint density at radius 3 is 1.82 bits per heavy atom. The van der Waals surface area contributed by atoms with Crippen LogP contribution in [0.1, 0.15) is 59.8 Å². The third-order valence-electron chi connectivity index (χ3n) is 4.60. The fourth-order valence-corrected chi connectivity index (χ4v) is 3.00. The number of nitriles is 2. The van der Waals surface area contributed by atoms with E-state index in [0.29, 0.717) is 0 Å². The molecule has 1 fully saturated rings. The first-order valence-electron chi connectivity index (χ1n) is 6.71. The molecule has 17 heavy (non-hydrogen) atoms. The molecule has 0 aromatic rings. The van der Waals surface area contributed by atoms with E-state index in [1.165, 1.54) is 19.3 Å². The average molecular weight is 232 g/mol. The molecule has 0 aromatic carbocycles. The summed E-state index contributed by atoms with van der Waals surface area (Å²) in [7, 11) is 0. The van der Waals surface area contributed by atoms with Gasteiger partial charge in [0.2, 0.25) is 0 Å². The van der Waals surface area contributed by atoms with Gasteiger partial charge in [0.1, 0.15) is 5.41 Å². The van der Waals surface area contributed by atoms with Crippen molar-refractivity contribution in [2.45, 2.75) is 59.8 Å². The molecule has 0 heterocycles. The first-order chi connectivity index (χ1) is 7.88.